The minimum atomic E-state index is -0.139. The Bertz CT molecular complexity index is 1010. The topological polar surface area (TPSA) is 81.9 Å². The van der Waals surface area contributed by atoms with E-state index in [1.165, 1.54) is 0 Å². The molecule has 134 valence electrons. The van der Waals surface area contributed by atoms with E-state index in [1.807, 2.05) is 11.4 Å². The molecule has 1 saturated heterocycles. The van der Waals surface area contributed by atoms with Crippen LogP contribution in [0.2, 0.25) is 0 Å². The number of nitrogens with zero attached hydrogens (tertiary/aromatic N) is 4. The predicted molar refractivity (Wildman–Crippen MR) is 99.8 cm³/mol. The van der Waals surface area contributed by atoms with E-state index in [9.17, 15) is 4.79 Å². The molecule has 1 aliphatic carbocycles. The highest BCUT2D eigenvalue weighted by Crippen LogP contribution is 2.28. The van der Waals surface area contributed by atoms with Crippen molar-refractivity contribution in [2.75, 3.05) is 18.5 Å². The van der Waals surface area contributed by atoms with Crippen LogP contribution in [0, 0.1) is 0 Å². The van der Waals surface area contributed by atoms with E-state index >= 15 is 0 Å². The SMILES string of the molecule is O=c1cc2c(nn1C1COCC1Nc1ncnc3ccsc13)CCCC2. The number of aryl methyl sites for hydroxylation is 2. The van der Waals surface area contributed by atoms with Crippen molar-refractivity contribution in [2.45, 2.75) is 37.8 Å². The van der Waals surface area contributed by atoms with Gasteiger partial charge in [-0.05, 0) is 42.7 Å². The van der Waals surface area contributed by atoms with Gasteiger partial charge in [0.15, 0.2) is 0 Å². The van der Waals surface area contributed by atoms with Crippen LogP contribution in [0.4, 0.5) is 5.82 Å². The number of aromatic nitrogens is 4. The predicted octanol–water partition coefficient (Wildman–Crippen LogP) is 2.18. The molecule has 3 aromatic rings. The van der Waals surface area contributed by atoms with Crippen molar-refractivity contribution in [3.05, 3.63) is 45.5 Å². The van der Waals surface area contributed by atoms with E-state index in [-0.39, 0.29) is 17.6 Å². The van der Waals surface area contributed by atoms with Crippen LogP contribution in [-0.4, -0.2) is 39.0 Å². The van der Waals surface area contributed by atoms with Crippen LogP contribution in [-0.2, 0) is 17.6 Å². The normalized spacial score (nSPS) is 22.5. The Morgan fingerprint density at radius 2 is 2.15 bits per heavy atom. The van der Waals surface area contributed by atoms with Crippen LogP contribution in [0.15, 0.2) is 28.6 Å². The van der Waals surface area contributed by atoms with E-state index in [4.69, 9.17) is 9.84 Å². The monoisotopic (exact) mass is 369 g/mol. The van der Waals surface area contributed by atoms with Gasteiger partial charge >= 0.3 is 0 Å². The third-order valence-electron chi connectivity index (χ3n) is 5.16. The van der Waals surface area contributed by atoms with E-state index in [1.54, 1.807) is 28.4 Å². The van der Waals surface area contributed by atoms with Crippen LogP contribution >= 0.6 is 11.3 Å². The Morgan fingerprint density at radius 1 is 1.23 bits per heavy atom. The molecule has 8 heteroatoms. The van der Waals surface area contributed by atoms with Gasteiger partial charge in [-0.15, -0.1) is 11.3 Å². The molecule has 2 aliphatic rings. The summed E-state index contributed by atoms with van der Waals surface area (Å²) in [6.45, 7) is 0.995. The highest BCUT2D eigenvalue weighted by atomic mass is 32.1. The smallest absolute Gasteiger partial charge is 0.267 e. The van der Waals surface area contributed by atoms with Gasteiger partial charge in [-0.25, -0.2) is 14.6 Å². The molecule has 2 atom stereocenters. The molecule has 7 nitrogen and oxygen atoms in total. The second-order valence-corrected chi connectivity index (χ2v) is 7.74. The molecule has 0 aromatic carbocycles. The molecular weight excluding hydrogens is 350 g/mol. The van der Waals surface area contributed by atoms with Crippen molar-refractivity contribution < 1.29 is 4.74 Å². The summed E-state index contributed by atoms with van der Waals surface area (Å²) < 4.78 is 8.32. The maximum atomic E-state index is 12.6. The first-order valence-corrected chi connectivity index (χ1v) is 9.81. The summed E-state index contributed by atoms with van der Waals surface area (Å²) in [5, 5.41) is 10.2. The minimum absolute atomic E-state index is 0.0445. The molecule has 0 amide bonds. The summed E-state index contributed by atoms with van der Waals surface area (Å²) >= 11 is 1.60. The van der Waals surface area contributed by atoms with Gasteiger partial charge in [0, 0.05) is 6.07 Å². The Labute approximate surface area is 154 Å². The van der Waals surface area contributed by atoms with Gasteiger partial charge in [0.1, 0.15) is 18.2 Å². The largest absolute Gasteiger partial charge is 0.377 e. The van der Waals surface area contributed by atoms with Gasteiger partial charge < -0.3 is 10.1 Å². The summed E-state index contributed by atoms with van der Waals surface area (Å²) in [6.07, 6.45) is 5.74. The van der Waals surface area contributed by atoms with Crippen molar-refractivity contribution in [1.82, 2.24) is 19.7 Å². The fourth-order valence-electron chi connectivity index (χ4n) is 3.80. The fourth-order valence-corrected chi connectivity index (χ4v) is 4.60. The van der Waals surface area contributed by atoms with E-state index in [2.05, 4.69) is 15.3 Å². The second-order valence-electron chi connectivity index (χ2n) is 6.82. The lowest BCUT2D eigenvalue weighted by Gasteiger charge is -2.23. The molecule has 4 heterocycles. The molecule has 2 unspecified atom stereocenters. The summed E-state index contributed by atoms with van der Waals surface area (Å²) in [5.41, 5.74) is 3.05. The number of anilines is 1. The van der Waals surface area contributed by atoms with Crippen molar-refractivity contribution in [2.24, 2.45) is 0 Å². The molecule has 0 saturated carbocycles. The average Bonchev–Trinajstić information content (AvgIpc) is 3.31. The molecular formula is C18H19N5O2S. The van der Waals surface area contributed by atoms with E-state index < -0.39 is 0 Å². The van der Waals surface area contributed by atoms with Crippen LogP contribution in [0.3, 0.4) is 0 Å². The van der Waals surface area contributed by atoms with Crippen LogP contribution in [0.25, 0.3) is 10.2 Å². The molecule has 0 radical (unpaired) electrons. The first-order valence-electron chi connectivity index (χ1n) is 8.94. The molecule has 0 spiro atoms. The lowest BCUT2D eigenvalue weighted by Crippen LogP contribution is -2.38. The van der Waals surface area contributed by atoms with E-state index in [0.717, 1.165) is 53.0 Å². The first kappa shape index (κ1) is 15.9. The van der Waals surface area contributed by atoms with Crippen molar-refractivity contribution >= 4 is 27.4 Å². The lowest BCUT2D eigenvalue weighted by molar-refractivity contribution is 0.182. The molecule has 1 fully saturated rings. The Morgan fingerprint density at radius 3 is 3.12 bits per heavy atom. The molecule has 26 heavy (non-hydrogen) atoms. The zero-order valence-corrected chi connectivity index (χ0v) is 15.0. The lowest BCUT2D eigenvalue weighted by atomic mass is 9.97. The summed E-state index contributed by atoms with van der Waals surface area (Å²) in [6, 6.07) is 3.55. The highest BCUT2D eigenvalue weighted by molar-refractivity contribution is 7.17. The van der Waals surface area contributed by atoms with Crippen LogP contribution in [0.5, 0.6) is 0 Å². The number of hydrogen-bond donors (Lipinski definition) is 1. The number of ether oxygens (including phenoxy) is 1. The van der Waals surface area contributed by atoms with E-state index in [0.29, 0.717) is 13.2 Å². The molecule has 5 rings (SSSR count). The van der Waals surface area contributed by atoms with Gasteiger partial charge in [-0.3, -0.25) is 4.79 Å². The third-order valence-corrected chi connectivity index (χ3v) is 6.07. The highest BCUT2D eigenvalue weighted by Gasteiger charge is 2.32. The molecule has 1 N–H and O–H groups in total. The zero-order valence-electron chi connectivity index (χ0n) is 14.2. The third kappa shape index (κ3) is 2.69. The fraction of sp³-hybridized carbons (Fsp3) is 0.444. The van der Waals surface area contributed by atoms with Gasteiger partial charge in [-0.1, -0.05) is 0 Å². The van der Waals surface area contributed by atoms with Gasteiger partial charge in [-0.2, -0.15) is 5.10 Å². The van der Waals surface area contributed by atoms with Gasteiger partial charge in [0.25, 0.3) is 5.56 Å². The quantitative estimate of drug-likeness (QED) is 0.762. The number of rotatable bonds is 3. The molecule has 1 aliphatic heterocycles. The Kier molecular flexibility index (Phi) is 3.94. The van der Waals surface area contributed by atoms with Crippen LogP contribution < -0.4 is 10.9 Å². The minimum Gasteiger partial charge on any atom is -0.377 e. The molecule has 3 aromatic heterocycles. The zero-order chi connectivity index (χ0) is 17.5. The van der Waals surface area contributed by atoms with Crippen molar-refractivity contribution in [1.29, 1.82) is 0 Å². The Balaban J connectivity index is 1.48. The van der Waals surface area contributed by atoms with Gasteiger partial charge in [0.05, 0.1) is 35.2 Å². The van der Waals surface area contributed by atoms with Crippen LogP contribution in [0.1, 0.15) is 30.1 Å². The van der Waals surface area contributed by atoms with Crippen molar-refractivity contribution in [3.8, 4) is 0 Å². The average molecular weight is 369 g/mol. The maximum Gasteiger partial charge on any atom is 0.267 e. The Hall–Kier alpha value is -2.32. The maximum absolute atomic E-state index is 12.6. The summed E-state index contributed by atoms with van der Waals surface area (Å²) in [7, 11) is 0. The first-order chi connectivity index (χ1) is 12.8. The summed E-state index contributed by atoms with van der Waals surface area (Å²) in [4.78, 5) is 21.3. The molecule has 0 bridgehead atoms. The number of nitrogens with one attached hydrogen (secondary N) is 1. The standard InChI is InChI=1S/C18H19N5O2S/c24-16-7-11-3-1-2-4-12(11)22-23(16)15-9-25-8-14(15)21-18-17-13(5-6-26-17)19-10-20-18/h5-7,10,14-15H,1-4,8-9H2,(H,19,20,21). The number of hydrogen-bond acceptors (Lipinski definition) is 7. The number of fused-ring (bicyclic) bond motifs is 2. The van der Waals surface area contributed by atoms with Gasteiger partial charge in [0.2, 0.25) is 0 Å². The summed E-state index contributed by atoms with van der Waals surface area (Å²) in [5.74, 6) is 0.788. The van der Waals surface area contributed by atoms with Crippen molar-refractivity contribution in [3.63, 3.8) is 0 Å². The number of thiophene rings is 1. The second kappa shape index (κ2) is 6.44.